The van der Waals surface area contributed by atoms with Gasteiger partial charge in [0.2, 0.25) is 0 Å². The summed E-state index contributed by atoms with van der Waals surface area (Å²) >= 11 is 0. The molecule has 0 aromatic heterocycles. The van der Waals surface area contributed by atoms with Gasteiger partial charge in [-0.25, -0.2) is 4.79 Å². The fourth-order valence-corrected chi connectivity index (χ4v) is 5.32. The Labute approximate surface area is 229 Å². The van der Waals surface area contributed by atoms with Gasteiger partial charge in [-0.15, -0.1) is 0 Å². The molecule has 1 aliphatic heterocycles. The first-order valence-electron chi connectivity index (χ1n) is 13.3. The van der Waals surface area contributed by atoms with E-state index in [1.807, 2.05) is 63.2 Å². The monoisotopic (exact) mass is 535 g/mol. The number of esters is 1. The Morgan fingerprint density at radius 3 is 2.31 bits per heavy atom. The minimum absolute atomic E-state index is 0.00506. The summed E-state index contributed by atoms with van der Waals surface area (Å²) in [6, 6.07) is 13.3. The number of allylic oxidation sites excluding steroid dienone is 3. The Balaban J connectivity index is 1.71. The summed E-state index contributed by atoms with van der Waals surface area (Å²) in [6.45, 7) is 7.22. The van der Waals surface area contributed by atoms with Crippen LogP contribution in [0.4, 0.5) is 0 Å². The van der Waals surface area contributed by atoms with E-state index >= 15 is 0 Å². The van der Waals surface area contributed by atoms with Crippen LogP contribution in [0.3, 0.4) is 0 Å². The highest BCUT2D eigenvalue weighted by Gasteiger charge is 2.41. The number of dihydropyridines is 1. The Morgan fingerprint density at radius 1 is 0.923 bits per heavy atom. The van der Waals surface area contributed by atoms with E-state index in [4.69, 9.17) is 23.7 Å². The molecular formula is C31H37NO7. The molecule has 0 saturated heterocycles. The highest BCUT2D eigenvalue weighted by molar-refractivity contribution is 6.04. The maximum Gasteiger partial charge on any atom is 0.336 e. The van der Waals surface area contributed by atoms with Gasteiger partial charge in [0.05, 0.1) is 33.0 Å². The molecule has 0 spiro atoms. The van der Waals surface area contributed by atoms with Crippen molar-refractivity contribution in [2.45, 2.75) is 45.4 Å². The SMILES string of the molecule is CCOCCOC(=O)C1=C(C)NC2=C(C(=O)C[C@@H](c3ccc(OC)c(OC)c3)C2)[C@H]1c1ccc(OCC)cc1. The van der Waals surface area contributed by atoms with Gasteiger partial charge < -0.3 is 29.0 Å². The van der Waals surface area contributed by atoms with Crippen LogP contribution in [0, 0.1) is 0 Å². The molecule has 0 unspecified atom stereocenters. The topological polar surface area (TPSA) is 92.3 Å². The lowest BCUT2D eigenvalue weighted by Gasteiger charge is -2.36. The van der Waals surface area contributed by atoms with Gasteiger partial charge >= 0.3 is 5.97 Å². The highest BCUT2D eigenvalue weighted by Crippen LogP contribution is 2.46. The number of hydrogen-bond donors (Lipinski definition) is 1. The molecule has 0 bridgehead atoms. The van der Waals surface area contributed by atoms with Gasteiger partial charge in [-0.05, 0) is 68.5 Å². The first kappa shape index (κ1) is 28.2. The van der Waals surface area contributed by atoms with E-state index in [0.29, 0.717) is 61.0 Å². The lowest BCUT2D eigenvalue weighted by atomic mass is 9.71. The van der Waals surface area contributed by atoms with Crippen LogP contribution in [0.25, 0.3) is 0 Å². The molecule has 2 aromatic rings. The van der Waals surface area contributed by atoms with E-state index in [9.17, 15) is 9.59 Å². The molecule has 8 heteroatoms. The van der Waals surface area contributed by atoms with Gasteiger partial charge in [-0.3, -0.25) is 4.79 Å². The average Bonchev–Trinajstić information content (AvgIpc) is 2.94. The van der Waals surface area contributed by atoms with Crippen molar-refractivity contribution in [2.75, 3.05) is 40.6 Å². The quantitative estimate of drug-likeness (QED) is 0.316. The van der Waals surface area contributed by atoms with Crippen LogP contribution in [0.15, 0.2) is 65.0 Å². The molecule has 8 nitrogen and oxygen atoms in total. The van der Waals surface area contributed by atoms with Crippen LogP contribution in [0.2, 0.25) is 0 Å². The second-order valence-electron chi connectivity index (χ2n) is 9.47. The molecule has 2 aromatic carbocycles. The fraction of sp³-hybridized carbons (Fsp3) is 0.419. The molecule has 4 rings (SSSR count). The van der Waals surface area contributed by atoms with Gasteiger partial charge in [0, 0.05) is 35.9 Å². The lowest BCUT2D eigenvalue weighted by molar-refractivity contribution is -0.140. The van der Waals surface area contributed by atoms with E-state index in [1.54, 1.807) is 14.2 Å². The predicted octanol–water partition coefficient (Wildman–Crippen LogP) is 5.04. The van der Waals surface area contributed by atoms with E-state index in [1.165, 1.54) is 0 Å². The first-order valence-corrected chi connectivity index (χ1v) is 13.3. The summed E-state index contributed by atoms with van der Waals surface area (Å²) < 4.78 is 27.4. The fourth-order valence-electron chi connectivity index (χ4n) is 5.32. The zero-order valence-electron chi connectivity index (χ0n) is 23.3. The summed E-state index contributed by atoms with van der Waals surface area (Å²) in [6.07, 6.45) is 0.934. The van der Waals surface area contributed by atoms with E-state index in [0.717, 1.165) is 22.6 Å². The zero-order valence-corrected chi connectivity index (χ0v) is 23.3. The first-order chi connectivity index (χ1) is 18.9. The van der Waals surface area contributed by atoms with Crippen molar-refractivity contribution in [3.63, 3.8) is 0 Å². The number of carbonyl (C=O) groups excluding carboxylic acids is 2. The van der Waals surface area contributed by atoms with E-state index in [-0.39, 0.29) is 18.3 Å². The molecule has 0 radical (unpaired) electrons. The highest BCUT2D eigenvalue weighted by atomic mass is 16.6. The number of hydrogen-bond acceptors (Lipinski definition) is 8. The second-order valence-corrected chi connectivity index (χ2v) is 9.47. The largest absolute Gasteiger partial charge is 0.494 e. The molecule has 0 amide bonds. The Kier molecular flexibility index (Phi) is 9.30. The average molecular weight is 536 g/mol. The number of ketones is 1. The number of rotatable bonds is 11. The number of Topliss-reactive ketones (excluding diaryl/α,β-unsaturated/α-hetero) is 1. The summed E-state index contributed by atoms with van der Waals surface area (Å²) in [5, 5.41) is 3.39. The summed E-state index contributed by atoms with van der Waals surface area (Å²) in [7, 11) is 3.20. The number of carbonyl (C=O) groups is 2. The summed E-state index contributed by atoms with van der Waals surface area (Å²) in [5.74, 6) is 0.941. The Hall–Kier alpha value is -3.78. The molecule has 208 valence electrons. The Bertz CT molecular complexity index is 1260. The second kappa shape index (κ2) is 12.8. The number of benzene rings is 2. The van der Waals surface area contributed by atoms with E-state index in [2.05, 4.69) is 5.32 Å². The maximum absolute atomic E-state index is 13.8. The zero-order chi connectivity index (χ0) is 27.9. The van der Waals surface area contributed by atoms with Gasteiger partial charge in [0.25, 0.3) is 0 Å². The molecular weight excluding hydrogens is 498 g/mol. The smallest absolute Gasteiger partial charge is 0.336 e. The van der Waals surface area contributed by atoms with Crippen LogP contribution in [-0.2, 0) is 19.1 Å². The molecule has 1 aliphatic carbocycles. The minimum atomic E-state index is -0.546. The molecule has 39 heavy (non-hydrogen) atoms. The van der Waals surface area contributed by atoms with E-state index < -0.39 is 11.9 Å². The van der Waals surface area contributed by atoms with Crippen LogP contribution in [0.1, 0.15) is 56.6 Å². The van der Waals surface area contributed by atoms with Gasteiger partial charge in [-0.2, -0.15) is 0 Å². The Morgan fingerprint density at radius 2 is 1.64 bits per heavy atom. The number of ether oxygens (including phenoxy) is 5. The summed E-state index contributed by atoms with van der Waals surface area (Å²) in [5.41, 5.74) is 4.38. The van der Waals surface area contributed by atoms with Gasteiger partial charge in [-0.1, -0.05) is 18.2 Å². The van der Waals surface area contributed by atoms with Crippen molar-refractivity contribution in [2.24, 2.45) is 0 Å². The molecule has 0 fully saturated rings. The third-order valence-corrected chi connectivity index (χ3v) is 7.12. The van der Waals surface area contributed by atoms with Crippen molar-refractivity contribution < 1.29 is 33.3 Å². The minimum Gasteiger partial charge on any atom is -0.494 e. The van der Waals surface area contributed by atoms with Crippen LogP contribution in [0.5, 0.6) is 17.2 Å². The molecule has 0 saturated carbocycles. The van der Waals surface area contributed by atoms with Crippen LogP contribution >= 0.6 is 0 Å². The molecule has 2 aliphatic rings. The lowest BCUT2D eigenvalue weighted by Crippen LogP contribution is -2.36. The third kappa shape index (κ3) is 6.11. The molecule has 1 N–H and O–H groups in total. The van der Waals surface area contributed by atoms with Crippen LogP contribution < -0.4 is 19.5 Å². The van der Waals surface area contributed by atoms with Crippen molar-refractivity contribution in [1.82, 2.24) is 5.32 Å². The van der Waals surface area contributed by atoms with Crippen molar-refractivity contribution in [3.8, 4) is 17.2 Å². The molecule has 1 heterocycles. The van der Waals surface area contributed by atoms with Gasteiger partial charge in [0.15, 0.2) is 17.3 Å². The maximum atomic E-state index is 13.8. The van der Waals surface area contributed by atoms with Crippen molar-refractivity contribution in [1.29, 1.82) is 0 Å². The number of nitrogens with one attached hydrogen (secondary N) is 1. The standard InChI is InChI=1S/C31H37NO7/c1-6-37-14-15-39-31(34)28-19(3)32-24-16-22(21-10-13-26(35-4)27(18-21)36-5)17-25(33)30(24)29(28)20-8-11-23(12-9-20)38-7-2/h8-13,18,22,29,32H,6-7,14-17H2,1-5H3/t22-,29-/m0/s1. The van der Waals surface area contributed by atoms with Crippen molar-refractivity contribution >= 4 is 11.8 Å². The molecule has 2 atom stereocenters. The third-order valence-electron chi connectivity index (χ3n) is 7.12. The van der Waals surface area contributed by atoms with Crippen molar-refractivity contribution in [3.05, 3.63) is 76.1 Å². The summed E-state index contributed by atoms with van der Waals surface area (Å²) in [4.78, 5) is 27.2. The predicted molar refractivity (Wildman–Crippen MR) is 147 cm³/mol. The van der Waals surface area contributed by atoms with Gasteiger partial charge in [0.1, 0.15) is 12.4 Å². The normalized spacial score (nSPS) is 18.8. The van der Waals surface area contributed by atoms with Crippen LogP contribution in [-0.4, -0.2) is 52.4 Å². The number of methoxy groups -OCH3 is 2.